The summed E-state index contributed by atoms with van der Waals surface area (Å²) in [5, 5.41) is 16.2. The average molecular weight is 311 g/mol. The average Bonchev–Trinajstić information content (AvgIpc) is 2.74. The summed E-state index contributed by atoms with van der Waals surface area (Å²) < 4.78 is 1.43. The molecule has 104 valence electrons. The molecule has 0 aliphatic rings. The minimum atomic E-state index is -0.494. The molecule has 0 spiro atoms. The highest BCUT2D eigenvalue weighted by molar-refractivity contribution is 7.80. The van der Waals surface area contributed by atoms with Crippen molar-refractivity contribution in [3.05, 3.63) is 40.5 Å². The summed E-state index contributed by atoms with van der Waals surface area (Å²) in [4.78, 5) is 12.3. The number of nitrogens with zero attached hydrogens (tertiary/aromatic N) is 2. The molecule has 0 bridgehead atoms. The number of thiocarbonyl (C=S) groups is 1. The van der Waals surface area contributed by atoms with Crippen LogP contribution in [0.5, 0.6) is 5.75 Å². The summed E-state index contributed by atoms with van der Waals surface area (Å²) in [6.45, 7) is 0. The van der Waals surface area contributed by atoms with Crippen molar-refractivity contribution in [2.24, 2.45) is 12.8 Å². The molecule has 1 amide bonds. The van der Waals surface area contributed by atoms with E-state index in [0.717, 1.165) is 0 Å². The number of hydrogen-bond donors (Lipinski definition) is 3. The van der Waals surface area contributed by atoms with Crippen LogP contribution in [-0.4, -0.2) is 25.8 Å². The van der Waals surface area contributed by atoms with E-state index < -0.39 is 5.91 Å². The van der Waals surface area contributed by atoms with Gasteiger partial charge >= 0.3 is 0 Å². The standard InChI is InChI=1S/C12H11ClN4O2S/c1-17-11(8(5-15-17)10(14)20)16-12(19)7-4-6(18)2-3-9(7)13/h2-5,18H,1H3,(H2,14,20)(H,16,19). The third kappa shape index (κ3) is 2.73. The molecule has 0 radical (unpaired) electrons. The van der Waals surface area contributed by atoms with Gasteiger partial charge in [0.05, 0.1) is 22.3 Å². The van der Waals surface area contributed by atoms with Gasteiger partial charge in [-0.05, 0) is 18.2 Å². The van der Waals surface area contributed by atoms with Crippen molar-refractivity contribution < 1.29 is 9.90 Å². The van der Waals surface area contributed by atoms with Crippen LogP contribution in [0, 0.1) is 0 Å². The van der Waals surface area contributed by atoms with Gasteiger partial charge in [0, 0.05) is 7.05 Å². The molecular weight excluding hydrogens is 300 g/mol. The van der Waals surface area contributed by atoms with E-state index >= 15 is 0 Å². The maximum Gasteiger partial charge on any atom is 0.258 e. The second-order valence-electron chi connectivity index (χ2n) is 4.01. The Kier molecular flexibility index (Phi) is 3.91. The summed E-state index contributed by atoms with van der Waals surface area (Å²) in [5.74, 6) is -0.187. The number of phenols is 1. The van der Waals surface area contributed by atoms with Gasteiger partial charge in [-0.15, -0.1) is 0 Å². The van der Waals surface area contributed by atoms with Crippen molar-refractivity contribution in [1.82, 2.24) is 9.78 Å². The summed E-state index contributed by atoms with van der Waals surface area (Å²) in [6, 6.07) is 4.10. The van der Waals surface area contributed by atoms with Gasteiger partial charge in [-0.3, -0.25) is 9.48 Å². The van der Waals surface area contributed by atoms with Gasteiger partial charge in [0.25, 0.3) is 5.91 Å². The molecule has 1 aromatic carbocycles. The van der Waals surface area contributed by atoms with Crippen molar-refractivity contribution in [3.63, 3.8) is 0 Å². The van der Waals surface area contributed by atoms with Crippen molar-refractivity contribution in [2.45, 2.75) is 0 Å². The van der Waals surface area contributed by atoms with Crippen molar-refractivity contribution in [2.75, 3.05) is 5.32 Å². The largest absolute Gasteiger partial charge is 0.508 e. The third-order valence-corrected chi connectivity index (χ3v) is 3.18. The van der Waals surface area contributed by atoms with Crippen LogP contribution in [0.25, 0.3) is 0 Å². The molecule has 0 aliphatic heterocycles. The number of halogens is 1. The van der Waals surface area contributed by atoms with Crippen LogP contribution in [0.1, 0.15) is 15.9 Å². The number of phenolic OH excluding ortho intramolecular Hbond substituents is 1. The molecule has 6 nitrogen and oxygen atoms in total. The van der Waals surface area contributed by atoms with E-state index in [1.807, 2.05) is 0 Å². The van der Waals surface area contributed by atoms with E-state index in [-0.39, 0.29) is 21.3 Å². The van der Waals surface area contributed by atoms with Crippen LogP contribution in [0.2, 0.25) is 5.02 Å². The van der Waals surface area contributed by atoms with Crippen LogP contribution in [-0.2, 0) is 7.05 Å². The highest BCUT2D eigenvalue weighted by atomic mass is 35.5. The minimum absolute atomic E-state index is 0.0564. The summed E-state index contributed by atoms with van der Waals surface area (Å²) in [6.07, 6.45) is 1.46. The number of aromatic nitrogens is 2. The zero-order valence-electron chi connectivity index (χ0n) is 10.4. The van der Waals surface area contributed by atoms with E-state index in [9.17, 15) is 9.90 Å². The summed E-state index contributed by atoms with van der Waals surface area (Å²) in [7, 11) is 1.64. The highest BCUT2D eigenvalue weighted by Crippen LogP contribution is 2.23. The van der Waals surface area contributed by atoms with Gasteiger partial charge in [-0.25, -0.2) is 0 Å². The zero-order chi connectivity index (χ0) is 14.9. The maximum absolute atomic E-state index is 12.2. The van der Waals surface area contributed by atoms with Crippen LogP contribution in [0.4, 0.5) is 5.82 Å². The van der Waals surface area contributed by atoms with E-state index in [1.165, 1.54) is 29.1 Å². The van der Waals surface area contributed by atoms with Gasteiger partial charge in [-0.2, -0.15) is 5.10 Å². The normalized spacial score (nSPS) is 10.3. The molecule has 20 heavy (non-hydrogen) atoms. The van der Waals surface area contributed by atoms with Crippen LogP contribution >= 0.6 is 23.8 Å². The molecule has 8 heteroatoms. The highest BCUT2D eigenvalue weighted by Gasteiger charge is 2.17. The van der Waals surface area contributed by atoms with E-state index in [1.54, 1.807) is 7.05 Å². The lowest BCUT2D eigenvalue weighted by atomic mass is 10.2. The maximum atomic E-state index is 12.2. The van der Waals surface area contributed by atoms with Crippen molar-refractivity contribution in [1.29, 1.82) is 0 Å². The Labute approximate surface area is 125 Å². The molecule has 0 atom stereocenters. The second-order valence-corrected chi connectivity index (χ2v) is 4.86. The lowest BCUT2D eigenvalue weighted by molar-refractivity contribution is 0.102. The number of nitrogens with one attached hydrogen (secondary N) is 1. The molecular formula is C12H11ClN4O2S. The number of nitrogens with two attached hydrogens (primary N) is 1. The second kappa shape index (κ2) is 5.48. The molecule has 1 heterocycles. The predicted octanol–water partition coefficient (Wildman–Crippen LogP) is 1.67. The van der Waals surface area contributed by atoms with E-state index in [4.69, 9.17) is 29.6 Å². The Hall–Kier alpha value is -2.12. The Morgan fingerprint density at radius 2 is 2.20 bits per heavy atom. The molecule has 0 fully saturated rings. The topological polar surface area (TPSA) is 93.2 Å². The molecule has 0 saturated heterocycles. The van der Waals surface area contributed by atoms with E-state index in [2.05, 4.69) is 10.4 Å². The fraction of sp³-hybridized carbons (Fsp3) is 0.0833. The summed E-state index contributed by atoms with van der Waals surface area (Å²) in [5.41, 5.74) is 6.15. The predicted molar refractivity (Wildman–Crippen MR) is 80.2 cm³/mol. The van der Waals surface area contributed by atoms with Gasteiger partial charge in [0.15, 0.2) is 0 Å². The molecule has 2 rings (SSSR count). The number of rotatable bonds is 3. The molecule has 2 aromatic rings. The summed E-state index contributed by atoms with van der Waals surface area (Å²) >= 11 is 10.8. The van der Waals surface area contributed by atoms with Gasteiger partial charge in [0.2, 0.25) is 0 Å². The number of amides is 1. The van der Waals surface area contributed by atoms with Crippen LogP contribution < -0.4 is 11.1 Å². The van der Waals surface area contributed by atoms with Gasteiger partial charge in [0.1, 0.15) is 16.6 Å². The lowest BCUT2D eigenvalue weighted by Crippen LogP contribution is -2.19. The van der Waals surface area contributed by atoms with Gasteiger partial charge in [-0.1, -0.05) is 23.8 Å². The molecule has 4 N–H and O–H groups in total. The van der Waals surface area contributed by atoms with Crippen LogP contribution in [0.3, 0.4) is 0 Å². The number of carbonyl (C=O) groups is 1. The fourth-order valence-electron chi connectivity index (χ4n) is 1.63. The number of carbonyl (C=O) groups excluding carboxylic acids is 1. The first-order chi connectivity index (χ1) is 9.40. The molecule has 0 unspecified atom stereocenters. The number of benzene rings is 1. The first-order valence-corrected chi connectivity index (χ1v) is 6.30. The number of hydrogen-bond acceptors (Lipinski definition) is 4. The first-order valence-electron chi connectivity index (χ1n) is 5.52. The lowest BCUT2D eigenvalue weighted by Gasteiger charge is -2.09. The Bertz CT molecular complexity index is 699. The first kappa shape index (κ1) is 14.3. The quantitative estimate of drug-likeness (QED) is 0.750. The zero-order valence-corrected chi connectivity index (χ0v) is 12.0. The SMILES string of the molecule is Cn1ncc(C(N)=S)c1NC(=O)c1cc(O)ccc1Cl. The fourth-order valence-corrected chi connectivity index (χ4v) is 1.98. The van der Waals surface area contributed by atoms with E-state index in [0.29, 0.717) is 11.4 Å². The number of aryl methyl sites for hydroxylation is 1. The number of aromatic hydroxyl groups is 1. The van der Waals surface area contributed by atoms with Gasteiger partial charge < -0.3 is 16.2 Å². The smallest absolute Gasteiger partial charge is 0.258 e. The Balaban J connectivity index is 2.35. The molecule has 0 aliphatic carbocycles. The van der Waals surface area contributed by atoms with Crippen molar-refractivity contribution >= 4 is 40.5 Å². The Morgan fingerprint density at radius 1 is 1.50 bits per heavy atom. The number of anilines is 1. The monoisotopic (exact) mass is 310 g/mol. The molecule has 1 aromatic heterocycles. The minimum Gasteiger partial charge on any atom is -0.508 e. The Morgan fingerprint density at radius 3 is 2.85 bits per heavy atom. The van der Waals surface area contributed by atoms with Crippen LogP contribution in [0.15, 0.2) is 24.4 Å². The van der Waals surface area contributed by atoms with Crippen molar-refractivity contribution in [3.8, 4) is 5.75 Å². The third-order valence-electron chi connectivity index (χ3n) is 2.63. The molecule has 0 saturated carbocycles.